The number of anilines is 1. The molecule has 4 amide bonds. The lowest BCUT2D eigenvalue weighted by atomic mass is 9.73. The summed E-state index contributed by atoms with van der Waals surface area (Å²) in [7, 11) is 0. The first-order chi connectivity index (χ1) is 19.4. The van der Waals surface area contributed by atoms with Gasteiger partial charge in [-0.15, -0.1) is 0 Å². The van der Waals surface area contributed by atoms with Gasteiger partial charge in [0.05, 0.1) is 23.1 Å². The molecule has 9 nitrogen and oxygen atoms in total. The second-order valence-corrected chi connectivity index (χ2v) is 10.5. The Morgan fingerprint density at radius 3 is 2.10 bits per heavy atom. The van der Waals surface area contributed by atoms with E-state index in [2.05, 4.69) is 23.0 Å². The van der Waals surface area contributed by atoms with Gasteiger partial charge in [0.1, 0.15) is 0 Å². The fourth-order valence-electron chi connectivity index (χ4n) is 6.58. The van der Waals surface area contributed by atoms with Gasteiger partial charge in [-0.2, -0.15) is 0 Å². The van der Waals surface area contributed by atoms with Gasteiger partial charge in [-0.05, 0) is 72.6 Å². The summed E-state index contributed by atoms with van der Waals surface area (Å²) in [5.41, 5.74) is 6.60. The van der Waals surface area contributed by atoms with Crippen LogP contribution < -0.4 is 15.8 Å². The molecule has 2 aliphatic carbocycles. The molecular weight excluding hydrogens is 510 g/mol. The molecule has 202 valence electrons. The van der Waals surface area contributed by atoms with Crippen molar-refractivity contribution >= 4 is 35.3 Å². The number of fused-ring (bicyclic) bond motifs is 5. The van der Waals surface area contributed by atoms with Crippen LogP contribution in [0.2, 0.25) is 0 Å². The van der Waals surface area contributed by atoms with Gasteiger partial charge in [0.2, 0.25) is 11.8 Å². The van der Waals surface area contributed by atoms with Gasteiger partial charge >= 0.3 is 5.97 Å². The molecule has 0 aromatic heterocycles. The molecule has 5 atom stereocenters. The van der Waals surface area contributed by atoms with Crippen LogP contribution in [0.25, 0.3) is 0 Å². The van der Waals surface area contributed by atoms with E-state index in [0.717, 1.165) is 12.8 Å². The molecule has 1 aliphatic heterocycles. The molecule has 3 aromatic carbocycles. The maximum atomic E-state index is 13.5. The van der Waals surface area contributed by atoms with Crippen LogP contribution in [0.5, 0.6) is 0 Å². The number of amides is 4. The standard InChI is InChI=1S/C31H27N3O6/c35-25(32-33-28(36)19-9-5-2-6-10-19)17-40-31(39)20-11-13-22(14-12-20)34-29(37)26-21-15-23(18-7-3-1-4-8-18)24(16-21)27(26)30(34)38/h1-14,21,23-24,26-27H,15-17H2,(H,32,35)(H,33,36)/t21-,23+,24+,26+,27-/m0/s1. The fourth-order valence-corrected chi connectivity index (χ4v) is 6.58. The summed E-state index contributed by atoms with van der Waals surface area (Å²) in [5.74, 6) is -2.29. The number of hydrazine groups is 1. The number of nitrogens with one attached hydrogen (secondary N) is 2. The summed E-state index contributed by atoms with van der Waals surface area (Å²) in [6.07, 6.45) is 1.81. The number of rotatable bonds is 6. The summed E-state index contributed by atoms with van der Waals surface area (Å²) in [6, 6.07) is 24.5. The Bertz CT molecular complexity index is 1470. The number of nitrogens with zero attached hydrogens (tertiary/aromatic N) is 1. The lowest BCUT2D eigenvalue weighted by Gasteiger charge is -2.28. The van der Waals surface area contributed by atoms with Crippen molar-refractivity contribution in [3.8, 4) is 0 Å². The van der Waals surface area contributed by atoms with Crippen LogP contribution in [0.4, 0.5) is 5.69 Å². The predicted octanol–water partition coefficient (Wildman–Crippen LogP) is 3.23. The van der Waals surface area contributed by atoms with Gasteiger partial charge in [-0.3, -0.25) is 34.9 Å². The van der Waals surface area contributed by atoms with E-state index in [9.17, 15) is 24.0 Å². The third kappa shape index (κ3) is 4.53. The largest absolute Gasteiger partial charge is 0.452 e. The molecule has 0 spiro atoms. The molecule has 3 aliphatic rings. The second-order valence-electron chi connectivity index (χ2n) is 10.5. The number of hydrogen-bond donors (Lipinski definition) is 2. The lowest BCUT2D eigenvalue weighted by Crippen LogP contribution is -2.43. The Morgan fingerprint density at radius 2 is 1.40 bits per heavy atom. The van der Waals surface area contributed by atoms with Crippen molar-refractivity contribution in [2.75, 3.05) is 11.5 Å². The third-order valence-corrected chi connectivity index (χ3v) is 8.29. The first-order valence-corrected chi connectivity index (χ1v) is 13.3. The monoisotopic (exact) mass is 537 g/mol. The minimum absolute atomic E-state index is 0.150. The predicted molar refractivity (Wildman–Crippen MR) is 144 cm³/mol. The molecular formula is C31H27N3O6. The van der Waals surface area contributed by atoms with Crippen molar-refractivity contribution in [1.29, 1.82) is 0 Å². The van der Waals surface area contributed by atoms with Crippen molar-refractivity contribution in [2.24, 2.45) is 23.7 Å². The highest BCUT2D eigenvalue weighted by atomic mass is 16.5. The third-order valence-electron chi connectivity index (χ3n) is 8.29. The van der Waals surface area contributed by atoms with Crippen LogP contribution in [-0.2, 0) is 19.1 Å². The normalized spacial score (nSPS) is 24.5. The van der Waals surface area contributed by atoms with E-state index in [4.69, 9.17) is 4.74 Å². The number of carbonyl (C=O) groups excluding carboxylic acids is 5. The van der Waals surface area contributed by atoms with Crippen LogP contribution >= 0.6 is 0 Å². The molecule has 6 rings (SSSR count). The maximum absolute atomic E-state index is 13.5. The van der Waals surface area contributed by atoms with Crippen molar-refractivity contribution in [3.63, 3.8) is 0 Å². The summed E-state index contributed by atoms with van der Waals surface area (Å²) in [6.45, 7) is -0.604. The second kappa shape index (κ2) is 10.4. The minimum atomic E-state index is -0.754. The maximum Gasteiger partial charge on any atom is 0.338 e. The van der Waals surface area contributed by atoms with Crippen LogP contribution in [-0.4, -0.2) is 36.2 Å². The molecule has 40 heavy (non-hydrogen) atoms. The van der Waals surface area contributed by atoms with Crippen molar-refractivity contribution in [3.05, 3.63) is 102 Å². The zero-order valence-electron chi connectivity index (χ0n) is 21.5. The average molecular weight is 538 g/mol. The van der Waals surface area contributed by atoms with Gasteiger partial charge in [0.15, 0.2) is 6.61 Å². The van der Waals surface area contributed by atoms with Crippen molar-refractivity contribution in [1.82, 2.24) is 10.9 Å². The summed E-state index contributed by atoms with van der Waals surface area (Å²) in [4.78, 5) is 64.6. The topological polar surface area (TPSA) is 122 Å². The fraction of sp³-hybridized carbons (Fsp3) is 0.258. The summed E-state index contributed by atoms with van der Waals surface area (Å²) in [5, 5.41) is 0. The van der Waals surface area contributed by atoms with Gasteiger partial charge in [-0.25, -0.2) is 4.79 Å². The van der Waals surface area contributed by atoms with Crippen molar-refractivity contribution in [2.45, 2.75) is 18.8 Å². The van der Waals surface area contributed by atoms with E-state index in [1.165, 1.54) is 22.6 Å². The number of hydrogen-bond acceptors (Lipinski definition) is 6. The zero-order valence-corrected chi connectivity index (χ0v) is 21.5. The first kappa shape index (κ1) is 25.5. The summed E-state index contributed by atoms with van der Waals surface area (Å²) >= 11 is 0. The Labute approximate surface area is 230 Å². The molecule has 9 heteroatoms. The summed E-state index contributed by atoms with van der Waals surface area (Å²) < 4.78 is 5.04. The number of benzene rings is 3. The van der Waals surface area contributed by atoms with E-state index in [-0.39, 0.29) is 47.0 Å². The molecule has 2 N–H and O–H groups in total. The molecule has 1 saturated heterocycles. The molecule has 2 saturated carbocycles. The van der Waals surface area contributed by atoms with Gasteiger partial charge in [0, 0.05) is 5.56 Å². The molecule has 3 fully saturated rings. The molecule has 1 heterocycles. The van der Waals surface area contributed by atoms with Crippen LogP contribution in [0.1, 0.15) is 45.0 Å². The van der Waals surface area contributed by atoms with Crippen molar-refractivity contribution < 1.29 is 28.7 Å². The van der Waals surface area contributed by atoms with Gasteiger partial charge in [-0.1, -0.05) is 48.5 Å². The van der Waals surface area contributed by atoms with Crippen LogP contribution in [0.15, 0.2) is 84.9 Å². The number of ether oxygens (including phenoxy) is 1. The Balaban J connectivity index is 1.05. The molecule has 3 aromatic rings. The van der Waals surface area contributed by atoms with Gasteiger partial charge < -0.3 is 4.74 Å². The van der Waals surface area contributed by atoms with Gasteiger partial charge in [0.25, 0.3) is 11.8 Å². The zero-order chi connectivity index (χ0) is 27.8. The Hall–Kier alpha value is -4.79. The molecule has 0 unspecified atom stereocenters. The van der Waals surface area contributed by atoms with E-state index >= 15 is 0 Å². The minimum Gasteiger partial charge on any atom is -0.452 e. The molecule has 0 radical (unpaired) electrons. The van der Waals surface area contributed by atoms with E-state index in [0.29, 0.717) is 11.3 Å². The molecule has 2 bridgehead atoms. The SMILES string of the molecule is O=C(COC(=O)c1ccc(N2C(=O)[C@@H]3[C@@H]4C[C@@H]([C@@H]3C2=O)[C@@H](c2ccccc2)C4)cc1)NNC(=O)c1ccccc1. The van der Waals surface area contributed by atoms with E-state index in [1.54, 1.807) is 42.5 Å². The number of carbonyl (C=O) groups is 5. The number of imide groups is 1. The van der Waals surface area contributed by atoms with E-state index < -0.39 is 24.4 Å². The van der Waals surface area contributed by atoms with Crippen LogP contribution in [0, 0.1) is 23.7 Å². The first-order valence-electron chi connectivity index (χ1n) is 13.3. The highest BCUT2D eigenvalue weighted by Crippen LogP contribution is 2.61. The Morgan fingerprint density at radius 1 is 0.750 bits per heavy atom. The smallest absolute Gasteiger partial charge is 0.338 e. The highest BCUT2D eigenvalue weighted by Gasteiger charge is 2.64. The Kier molecular flexibility index (Phi) is 6.63. The van der Waals surface area contributed by atoms with Crippen LogP contribution in [0.3, 0.4) is 0 Å². The van der Waals surface area contributed by atoms with E-state index in [1.807, 2.05) is 18.2 Å². The lowest BCUT2D eigenvalue weighted by molar-refractivity contribution is -0.125. The average Bonchev–Trinajstić information content (AvgIpc) is 3.66. The quantitative estimate of drug-likeness (QED) is 0.283. The number of esters is 1. The highest BCUT2D eigenvalue weighted by molar-refractivity contribution is 6.22.